The average Bonchev–Trinajstić information content (AvgIpc) is 3.12. The predicted molar refractivity (Wildman–Crippen MR) is 111 cm³/mol. The number of urea groups is 1. The molecule has 0 radical (unpaired) electrons. The first kappa shape index (κ1) is 21.1. The van der Waals surface area contributed by atoms with E-state index in [-0.39, 0.29) is 17.8 Å². The van der Waals surface area contributed by atoms with Crippen LogP contribution in [0.2, 0.25) is 0 Å². The summed E-state index contributed by atoms with van der Waals surface area (Å²) in [7, 11) is 2.02. The van der Waals surface area contributed by atoms with Crippen LogP contribution in [0.4, 0.5) is 23.7 Å². The van der Waals surface area contributed by atoms with Crippen LogP contribution in [0.3, 0.4) is 0 Å². The van der Waals surface area contributed by atoms with Crippen LogP contribution in [0, 0.1) is 6.92 Å². The molecule has 2 atom stereocenters. The van der Waals surface area contributed by atoms with Crippen LogP contribution in [0.1, 0.15) is 36.0 Å². The average molecular weight is 432 g/mol. The molecular formula is C21H23F3N6O. The van der Waals surface area contributed by atoms with Crippen LogP contribution in [-0.2, 0) is 6.18 Å². The number of amides is 2. The summed E-state index contributed by atoms with van der Waals surface area (Å²) in [6.45, 7) is 2.80. The molecule has 4 rings (SSSR count). The number of carbonyl (C=O) groups is 1. The number of piperidine rings is 1. The number of alkyl halides is 3. The Labute approximate surface area is 177 Å². The summed E-state index contributed by atoms with van der Waals surface area (Å²) in [6, 6.07) is 7.51. The summed E-state index contributed by atoms with van der Waals surface area (Å²) >= 11 is 0. The molecule has 31 heavy (non-hydrogen) atoms. The van der Waals surface area contributed by atoms with Gasteiger partial charge in [0.05, 0.1) is 29.0 Å². The number of hydrogen-bond acceptors (Lipinski definition) is 4. The molecule has 7 nitrogen and oxygen atoms in total. The van der Waals surface area contributed by atoms with Gasteiger partial charge in [0.15, 0.2) is 0 Å². The Kier molecular flexibility index (Phi) is 5.57. The first-order chi connectivity index (χ1) is 14.7. The summed E-state index contributed by atoms with van der Waals surface area (Å²) in [4.78, 5) is 26.0. The first-order valence-electron chi connectivity index (χ1n) is 9.96. The number of likely N-dealkylation sites (tertiary alicyclic amines) is 1. The van der Waals surface area contributed by atoms with Crippen molar-refractivity contribution in [3.05, 3.63) is 53.6 Å². The van der Waals surface area contributed by atoms with E-state index in [9.17, 15) is 18.0 Å². The topological polar surface area (TPSA) is 85.9 Å². The SMILES string of the molecule is Cc1ccc2nc([C@H]3C[C@H](NC(=O)Nc4ccc(C(F)(F)F)nc4)CCN3C)[nH]c2c1. The largest absolute Gasteiger partial charge is 0.433 e. The van der Waals surface area contributed by atoms with Crippen molar-refractivity contribution in [1.29, 1.82) is 0 Å². The van der Waals surface area contributed by atoms with Gasteiger partial charge in [-0.2, -0.15) is 13.2 Å². The Hall–Kier alpha value is -3.14. The van der Waals surface area contributed by atoms with Crippen LogP contribution in [0.15, 0.2) is 36.5 Å². The molecule has 1 fully saturated rings. The quantitative estimate of drug-likeness (QED) is 0.578. The van der Waals surface area contributed by atoms with Gasteiger partial charge in [0.2, 0.25) is 0 Å². The lowest BCUT2D eigenvalue weighted by Crippen LogP contribution is -2.46. The maximum atomic E-state index is 12.6. The number of rotatable bonds is 3. The van der Waals surface area contributed by atoms with Gasteiger partial charge in [0.25, 0.3) is 0 Å². The molecule has 0 spiro atoms. The second kappa shape index (κ2) is 8.18. The second-order valence-electron chi connectivity index (χ2n) is 7.89. The van der Waals surface area contributed by atoms with Crippen LogP contribution in [-0.4, -0.2) is 45.5 Å². The van der Waals surface area contributed by atoms with Crippen molar-refractivity contribution in [3.8, 4) is 0 Å². The lowest BCUT2D eigenvalue weighted by molar-refractivity contribution is -0.141. The monoisotopic (exact) mass is 432 g/mol. The number of H-pyrrole nitrogens is 1. The molecule has 3 heterocycles. The molecule has 10 heteroatoms. The third kappa shape index (κ3) is 4.79. The zero-order chi connectivity index (χ0) is 22.2. The minimum atomic E-state index is -4.51. The van der Waals surface area contributed by atoms with E-state index in [4.69, 9.17) is 4.98 Å². The van der Waals surface area contributed by atoms with Gasteiger partial charge >= 0.3 is 12.2 Å². The van der Waals surface area contributed by atoms with Crippen molar-refractivity contribution in [2.75, 3.05) is 18.9 Å². The number of benzene rings is 1. The van der Waals surface area contributed by atoms with Crippen molar-refractivity contribution in [3.63, 3.8) is 0 Å². The smallest absolute Gasteiger partial charge is 0.341 e. The van der Waals surface area contributed by atoms with Crippen LogP contribution in [0.25, 0.3) is 11.0 Å². The summed E-state index contributed by atoms with van der Waals surface area (Å²) in [5.41, 5.74) is 2.22. The lowest BCUT2D eigenvalue weighted by Gasteiger charge is -2.36. The fourth-order valence-electron chi connectivity index (χ4n) is 3.82. The number of nitrogens with zero attached hydrogens (tertiary/aromatic N) is 3. The van der Waals surface area contributed by atoms with E-state index in [0.717, 1.165) is 47.7 Å². The van der Waals surface area contributed by atoms with Gasteiger partial charge in [-0.3, -0.25) is 4.90 Å². The van der Waals surface area contributed by atoms with Crippen molar-refractivity contribution in [2.24, 2.45) is 0 Å². The molecule has 0 bridgehead atoms. The third-order valence-electron chi connectivity index (χ3n) is 5.49. The van der Waals surface area contributed by atoms with Gasteiger partial charge in [0, 0.05) is 12.6 Å². The number of aromatic amines is 1. The number of aryl methyl sites for hydroxylation is 1. The standard InChI is InChI=1S/C21H23F3N6O/c1-12-3-5-15-16(9-12)29-19(28-15)17-10-13(7-8-30(17)2)26-20(31)27-14-4-6-18(25-11-14)21(22,23)24/h3-6,9,11,13,17H,7-8,10H2,1-2H3,(H,28,29)(H2,26,27,31)/t13-,17-/m1/s1. The van der Waals surface area contributed by atoms with E-state index in [1.54, 1.807) is 0 Å². The van der Waals surface area contributed by atoms with Gasteiger partial charge in [-0.1, -0.05) is 6.07 Å². The molecule has 0 saturated carbocycles. The molecule has 1 saturated heterocycles. The number of fused-ring (bicyclic) bond motifs is 1. The Morgan fingerprint density at radius 2 is 2.06 bits per heavy atom. The molecule has 0 aliphatic carbocycles. The molecule has 1 aliphatic heterocycles. The van der Waals surface area contributed by atoms with E-state index in [2.05, 4.69) is 31.6 Å². The highest BCUT2D eigenvalue weighted by Gasteiger charge is 2.32. The maximum Gasteiger partial charge on any atom is 0.433 e. The molecule has 164 valence electrons. The Morgan fingerprint density at radius 3 is 2.77 bits per heavy atom. The molecule has 3 N–H and O–H groups in total. The maximum absolute atomic E-state index is 12.6. The minimum Gasteiger partial charge on any atom is -0.341 e. The van der Waals surface area contributed by atoms with Crippen molar-refractivity contribution in [2.45, 2.75) is 38.0 Å². The van der Waals surface area contributed by atoms with Gasteiger partial charge in [-0.15, -0.1) is 0 Å². The summed E-state index contributed by atoms with van der Waals surface area (Å²) < 4.78 is 37.8. The number of aromatic nitrogens is 3. The van der Waals surface area contributed by atoms with Crippen LogP contribution >= 0.6 is 0 Å². The summed E-state index contributed by atoms with van der Waals surface area (Å²) in [6.07, 6.45) is -2.10. The molecule has 0 unspecified atom stereocenters. The van der Waals surface area contributed by atoms with Crippen molar-refractivity contribution in [1.82, 2.24) is 25.2 Å². The molecular weight excluding hydrogens is 409 g/mol. The highest BCUT2D eigenvalue weighted by molar-refractivity contribution is 5.89. The van der Waals surface area contributed by atoms with E-state index >= 15 is 0 Å². The van der Waals surface area contributed by atoms with Crippen molar-refractivity contribution < 1.29 is 18.0 Å². The summed E-state index contributed by atoms with van der Waals surface area (Å²) in [5, 5.41) is 5.45. The van der Waals surface area contributed by atoms with Gasteiger partial charge in [-0.25, -0.2) is 14.8 Å². The van der Waals surface area contributed by atoms with E-state index in [1.165, 1.54) is 6.07 Å². The van der Waals surface area contributed by atoms with E-state index in [1.807, 2.05) is 26.1 Å². The fraction of sp³-hybridized carbons (Fsp3) is 0.381. The fourth-order valence-corrected chi connectivity index (χ4v) is 3.82. The number of pyridine rings is 1. The molecule has 1 aromatic carbocycles. The van der Waals surface area contributed by atoms with Gasteiger partial charge in [-0.05, 0) is 56.6 Å². The highest BCUT2D eigenvalue weighted by atomic mass is 19.4. The number of anilines is 1. The Balaban J connectivity index is 1.40. The Bertz CT molecular complexity index is 1080. The first-order valence-corrected chi connectivity index (χ1v) is 9.96. The third-order valence-corrected chi connectivity index (χ3v) is 5.49. The van der Waals surface area contributed by atoms with Crippen LogP contribution < -0.4 is 10.6 Å². The van der Waals surface area contributed by atoms with E-state index in [0.29, 0.717) is 6.42 Å². The molecule has 2 amide bonds. The number of imidazole rings is 1. The second-order valence-corrected chi connectivity index (χ2v) is 7.89. The lowest BCUT2D eigenvalue weighted by atomic mass is 9.97. The Morgan fingerprint density at radius 1 is 1.26 bits per heavy atom. The number of halogens is 3. The minimum absolute atomic E-state index is 0.0134. The summed E-state index contributed by atoms with van der Waals surface area (Å²) in [5.74, 6) is 0.849. The van der Waals surface area contributed by atoms with Gasteiger partial charge < -0.3 is 15.6 Å². The zero-order valence-corrected chi connectivity index (χ0v) is 17.1. The normalized spacial score (nSPS) is 20.0. The zero-order valence-electron chi connectivity index (χ0n) is 17.1. The van der Waals surface area contributed by atoms with Crippen LogP contribution in [0.5, 0.6) is 0 Å². The number of hydrogen-bond donors (Lipinski definition) is 3. The molecule has 1 aliphatic rings. The predicted octanol–water partition coefficient (Wildman–Crippen LogP) is 4.24. The molecule has 2 aromatic heterocycles. The van der Waals surface area contributed by atoms with E-state index < -0.39 is 17.9 Å². The van der Waals surface area contributed by atoms with Gasteiger partial charge in [0.1, 0.15) is 11.5 Å². The number of nitrogens with one attached hydrogen (secondary N) is 3. The molecule has 3 aromatic rings. The number of carbonyl (C=O) groups excluding carboxylic acids is 1. The highest BCUT2D eigenvalue weighted by Crippen LogP contribution is 2.30. The van der Waals surface area contributed by atoms with Crippen molar-refractivity contribution >= 4 is 22.8 Å².